The highest BCUT2D eigenvalue weighted by Gasteiger charge is 2.12. The van der Waals surface area contributed by atoms with Gasteiger partial charge in [-0.2, -0.15) is 5.10 Å². The molecule has 3 aromatic rings. The Labute approximate surface area is 136 Å². The topological polar surface area (TPSA) is 98.7 Å². The van der Waals surface area contributed by atoms with Gasteiger partial charge in [-0.25, -0.2) is 14.6 Å². The Morgan fingerprint density at radius 3 is 2.91 bits per heavy atom. The molecule has 0 atom stereocenters. The number of amides is 1. The summed E-state index contributed by atoms with van der Waals surface area (Å²) in [6.07, 6.45) is 6.85. The van der Waals surface area contributed by atoms with Crippen LogP contribution in [0.2, 0.25) is 0 Å². The molecule has 0 unspecified atom stereocenters. The summed E-state index contributed by atoms with van der Waals surface area (Å²) in [4.78, 5) is 19.9. The van der Waals surface area contributed by atoms with Crippen LogP contribution in [0.5, 0.6) is 0 Å². The molecule has 3 rings (SSSR count). The minimum Gasteiger partial charge on any atom is -0.365 e. The lowest BCUT2D eigenvalue weighted by molar-refractivity contribution is 0.100. The van der Waals surface area contributed by atoms with Gasteiger partial charge in [0.15, 0.2) is 5.16 Å². The number of anilines is 2. The second-order valence-corrected chi connectivity index (χ2v) is 5.38. The Hall–Kier alpha value is -2.87. The van der Waals surface area contributed by atoms with Crippen LogP contribution in [0, 0.1) is 0 Å². The molecule has 0 spiro atoms. The zero-order valence-corrected chi connectivity index (χ0v) is 13.1. The van der Waals surface area contributed by atoms with Crippen LogP contribution in [-0.4, -0.2) is 31.9 Å². The summed E-state index contributed by atoms with van der Waals surface area (Å²) in [5.74, 6) is -0.196. The van der Waals surface area contributed by atoms with E-state index in [-0.39, 0.29) is 5.56 Å². The van der Waals surface area contributed by atoms with Crippen LogP contribution in [0.3, 0.4) is 0 Å². The van der Waals surface area contributed by atoms with Crippen molar-refractivity contribution in [1.29, 1.82) is 0 Å². The molecule has 0 aliphatic rings. The lowest BCUT2D eigenvalue weighted by atomic mass is 10.2. The first kappa shape index (κ1) is 15.0. The van der Waals surface area contributed by atoms with E-state index >= 15 is 0 Å². The highest BCUT2D eigenvalue weighted by molar-refractivity contribution is 7.98. The second-order valence-electron chi connectivity index (χ2n) is 4.61. The lowest BCUT2D eigenvalue weighted by Gasteiger charge is -2.11. The number of hydrogen-bond donors (Lipinski definition) is 2. The van der Waals surface area contributed by atoms with Gasteiger partial charge in [0.2, 0.25) is 0 Å². The largest absolute Gasteiger partial charge is 0.365 e. The Morgan fingerprint density at radius 2 is 2.22 bits per heavy atom. The predicted octanol–water partition coefficient (Wildman–Crippen LogP) is 2.23. The molecule has 2 aromatic heterocycles. The van der Waals surface area contributed by atoms with Gasteiger partial charge in [0.25, 0.3) is 5.91 Å². The average molecular weight is 326 g/mol. The second kappa shape index (κ2) is 6.49. The average Bonchev–Trinajstić information content (AvgIpc) is 3.09. The van der Waals surface area contributed by atoms with Crippen LogP contribution in [0.4, 0.5) is 11.5 Å². The third kappa shape index (κ3) is 3.32. The number of carbonyl (C=O) groups is 1. The summed E-state index contributed by atoms with van der Waals surface area (Å²) in [5.41, 5.74) is 7.29. The number of nitrogens with two attached hydrogens (primary N) is 1. The molecule has 116 valence electrons. The quantitative estimate of drug-likeness (QED) is 0.551. The maximum absolute atomic E-state index is 11.5. The van der Waals surface area contributed by atoms with E-state index in [1.165, 1.54) is 18.0 Å². The molecule has 3 N–H and O–H groups in total. The SMILES string of the molecule is CSc1ncc(C(N)=O)c(Nc2cccc(-n3cccn3)c2)n1. The van der Waals surface area contributed by atoms with Crippen LogP contribution < -0.4 is 11.1 Å². The summed E-state index contributed by atoms with van der Waals surface area (Å²) >= 11 is 1.39. The first-order chi connectivity index (χ1) is 11.2. The van der Waals surface area contributed by atoms with Crippen molar-refractivity contribution >= 4 is 29.2 Å². The van der Waals surface area contributed by atoms with Crippen molar-refractivity contribution in [3.63, 3.8) is 0 Å². The summed E-state index contributed by atoms with van der Waals surface area (Å²) in [6, 6.07) is 9.44. The third-order valence-corrected chi connectivity index (χ3v) is 3.65. The van der Waals surface area contributed by atoms with E-state index in [4.69, 9.17) is 5.73 Å². The van der Waals surface area contributed by atoms with E-state index < -0.39 is 5.91 Å². The van der Waals surface area contributed by atoms with Gasteiger partial charge in [0, 0.05) is 24.3 Å². The number of benzene rings is 1. The molecule has 0 saturated carbocycles. The number of carbonyl (C=O) groups excluding carboxylic acids is 1. The molecule has 8 heteroatoms. The number of primary amides is 1. The molecule has 0 fully saturated rings. The molecule has 0 bridgehead atoms. The molecule has 1 aromatic carbocycles. The Balaban J connectivity index is 1.96. The first-order valence-electron chi connectivity index (χ1n) is 6.75. The fourth-order valence-electron chi connectivity index (χ4n) is 2.02. The molecular formula is C15H14N6OS. The maximum atomic E-state index is 11.5. The molecule has 7 nitrogen and oxygen atoms in total. The van der Waals surface area contributed by atoms with E-state index in [0.29, 0.717) is 11.0 Å². The standard InChI is InChI=1S/C15H14N6OS/c1-23-15-17-9-12(13(16)22)14(20-15)19-10-4-2-5-11(8-10)21-7-3-6-18-21/h2-9H,1H3,(H2,16,22)(H,17,19,20). The first-order valence-corrected chi connectivity index (χ1v) is 7.98. The van der Waals surface area contributed by atoms with Crippen LogP contribution in [0.15, 0.2) is 54.1 Å². The Kier molecular flexibility index (Phi) is 4.24. The zero-order valence-electron chi connectivity index (χ0n) is 12.3. The molecule has 0 saturated heterocycles. The van der Waals surface area contributed by atoms with Gasteiger partial charge in [0.1, 0.15) is 11.4 Å². The number of aromatic nitrogens is 4. The molecular weight excluding hydrogens is 312 g/mol. The van der Waals surface area contributed by atoms with Crippen molar-refractivity contribution in [2.45, 2.75) is 5.16 Å². The van der Waals surface area contributed by atoms with Gasteiger partial charge >= 0.3 is 0 Å². The van der Waals surface area contributed by atoms with Crippen molar-refractivity contribution in [2.75, 3.05) is 11.6 Å². The summed E-state index contributed by atoms with van der Waals surface area (Å²) < 4.78 is 1.74. The van der Waals surface area contributed by atoms with E-state index in [0.717, 1.165) is 11.4 Å². The molecule has 0 aliphatic heterocycles. The van der Waals surface area contributed by atoms with Gasteiger partial charge in [-0.15, -0.1) is 0 Å². The Bertz CT molecular complexity index is 834. The lowest BCUT2D eigenvalue weighted by Crippen LogP contribution is -2.15. The van der Waals surface area contributed by atoms with Crippen molar-refractivity contribution < 1.29 is 4.79 Å². The highest BCUT2D eigenvalue weighted by Crippen LogP contribution is 2.22. The van der Waals surface area contributed by atoms with Gasteiger partial charge in [-0.3, -0.25) is 4.79 Å². The minimum atomic E-state index is -0.580. The number of nitrogens with zero attached hydrogens (tertiary/aromatic N) is 4. The van der Waals surface area contributed by atoms with Crippen LogP contribution in [0.1, 0.15) is 10.4 Å². The predicted molar refractivity (Wildman–Crippen MR) is 89.2 cm³/mol. The molecule has 2 heterocycles. The van der Waals surface area contributed by atoms with Crippen molar-refractivity contribution in [1.82, 2.24) is 19.7 Å². The monoisotopic (exact) mass is 326 g/mol. The maximum Gasteiger partial charge on any atom is 0.254 e. The zero-order chi connectivity index (χ0) is 16.2. The Morgan fingerprint density at radius 1 is 1.35 bits per heavy atom. The smallest absolute Gasteiger partial charge is 0.254 e. The number of nitrogens with one attached hydrogen (secondary N) is 1. The number of rotatable bonds is 5. The van der Waals surface area contributed by atoms with Crippen molar-refractivity contribution in [3.8, 4) is 5.69 Å². The van der Waals surface area contributed by atoms with E-state index in [2.05, 4.69) is 20.4 Å². The number of thioether (sulfide) groups is 1. The van der Waals surface area contributed by atoms with Gasteiger partial charge < -0.3 is 11.1 Å². The van der Waals surface area contributed by atoms with Crippen molar-refractivity contribution in [2.24, 2.45) is 5.73 Å². The molecule has 0 aliphatic carbocycles. The summed E-state index contributed by atoms with van der Waals surface area (Å²) in [6.45, 7) is 0. The molecule has 1 amide bonds. The van der Waals surface area contributed by atoms with E-state index in [1.807, 2.05) is 42.8 Å². The fraction of sp³-hybridized carbons (Fsp3) is 0.0667. The van der Waals surface area contributed by atoms with Crippen LogP contribution >= 0.6 is 11.8 Å². The van der Waals surface area contributed by atoms with E-state index in [9.17, 15) is 4.79 Å². The van der Waals surface area contributed by atoms with E-state index in [1.54, 1.807) is 10.9 Å². The van der Waals surface area contributed by atoms with Gasteiger partial charge in [-0.05, 0) is 30.5 Å². The molecule has 23 heavy (non-hydrogen) atoms. The summed E-state index contributed by atoms with van der Waals surface area (Å²) in [5, 5.41) is 7.87. The normalized spacial score (nSPS) is 10.5. The third-order valence-electron chi connectivity index (χ3n) is 3.09. The molecule has 0 radical (unpaired) electrons. The van der Waals surface area contributed by atoms with Crippen molar-refractivity contribution in [3.05, 3.63) is 54.5 Å². The fourth-order valence-corrected chi connectivity index (χ4v) is 2.36. The van der Waals surface area contributed by atoms with Gasteiger partial charge in [0.05, 0.1) is 5.69 Å². The minimum absolute atomic E-state index is 0.243. The number of hydrogen-bond acceptors (Lipinski definition) is 6. The van der Waals surface area contributed by atoms with Gasteiger partial charge in [-0.1, -0.05) is 17.8 Å². The van der Waals surface area contributed by atoms with Crippen LogP contribution in [0.25, 0.3) is 5.69 Å². The summed E-state index contributed by atoms with van der Waals surface area (Å²) in [7, 11) is 0. The van der Waals surface area contributed by atoms with Crippen LogP contribution in [-0.2, 0) is 0 Å². The highest BCUT2D eigenvalue weighted by atomic mass is 32.2.